The molecule has 0 aliphatic heterocycles. The molecule has 0 aromatic rings. The Morgan fingerprint density at radius 2 is 1.73 bits per heavy atom. The van der Waals surface area contributed by atoms with Gasteiger partial charge in [-0.3, -0.25) is 5.73 Å². The standard InChI is InChI=1S/C6H17N2.C4H6O2.ClH/c1-5-6(7)8(2,3)4;1-3(2)4(5)6;/h6H,5,7H2,1-4H3;1H2,2H3,(H,5,6);1H/q+1;;. The second kappa shape index (κ2) is 8.71. The Hall–Kier alpha value is -0.580. The molecule has 0 aliphatic carbocycles. The van der Waals surface area contributed by atoms with E-state index in [9.17, 15) is 4.79 Å². The zero-order valence-electron chi connectivity index (χ0n) is 10.3. The molecular weight excluding hydrogens is 216 g/mol. The van der Waals surface area contributed by atoms with Gasteiger partial charge >= 0.3 is 5.97 Å². The molecule has 0 saturated carbocycles. The SMILES string of the molecule is C=C(C)C(=O)O.CCC(N)[N+](C)(C)C.Cl. The molecule has 0 spiro atoms. The minimum Gasteiger partial charge on any atom is -0.478 e. The first-order valence-electron chi connectivity index (χ1n) is 4.58. The van der Waals surface area contributed by atoms with Gasteiger partial charge in [0.1, 0.15) is 6.17 Å². The molecule has 0 aromatic carbocycles. The van der Waals surface area contributed by atoms with Crippen molar-refractivity contribution >= 4 is 18.4 Å². The maximum Gasteiger partial charge on any atom is 0.330 e. The van der Waals surface area contributed by atoms with Crippen molar-refractivity contribution in [3.05, 3.63) is 12.2 Å². The van der Waals surface area contributed by atoms with Crippen molar-refractivity contribution in [3.8, 4) is 0 Å². The zero-order valence-corrected chi connectivity index (χ0v) is 11.1. The molecule has 0 aliphatic rings. The van der Waals surface area contributed by atoms with Gasteiger partial charge in [0.05, 0.1) is 21.1 Å². The average molecular weight is 240 g/mol. The van der Waals surface area contributed by atoms with Crippen molar-refractivity contribution in [1.82, 2.24) is 0 Å². The molecule has 0 aromatic heterocycles. The summed E-state index contributed by atoms with van der Waals surface area (Å²) in [5.41, 5.74) is 5.90. The first-order valence-corrected chi connectivity index (χ1v) is 4.58. The first-order chi connectivity index (χ1) is 6.12. The molecule has 0 saturated heterocycles. The van der Waals surface area contributed by atoms with Crippen LogP contribution >= 0.6 is 12.4 Å². The number of rotatable bonds is 3. The van der Waals surface area contributed by atoms with Gasteiger partial charge in [0.2, 0.25) is 0 Å². The minimum atomic E-state index is -0.935. The fourth-order valence-electron chi connectivity index (χ4n) is 0.548. The Labute approximate surface area is 98.8 Å². The lowest BCUT2D eigenvalue weighted by Crippen LogP contribution is -2.50. The Morgan fingerprint density at radius 3 is 1.73 bits per heavy atom. The van der Waals surface area contributed by atoms with E-state index in [-0.39, 0.29) is 24.1 Å². The van der Waals surface area contributed by atoms with Gasteiger partial charge in [0.15, 0.2) is 0 Å². The van der Waals surface area contributed by atoms with E-state index < -0.39 is 5.97 Å². The quantitative estimate of drug-likeness (QED) is 0.445. The Bertz CT molecular complexity index is 188. The highest BCUT2D eigenvalue weighted by Crippen LogP contribution is 1.98. The summed E-state index contributed by atoms with van der Waals surface area (Å²) >= 11 is 0. The normalized spacial score (nSPS) is 11.6. The van der Waals surface area contributed by atoms with Gasteiger partial charge in [-0.25, -0.2) is 4.79 Å². The monoisotopic (exact) mass is 239 g/mol. The van der Waals surface area contributed by atoms with Gasteiger partial charge in [-0.2, -0.15) is 0 Å². The van der Waals surface area contributed by atoms with Crippen molar-refractivity contribution in [2.75, 3.05) is 21.1 Å². The van der Waals surface area contributed by atoms with Crippen molar-refractivity contribution in [2.24, 2.45) is 5.73 Å². The molecule has 4 nitrogen and oxygen atoms in total. The molecule has 0 radical (unpaired) electrons. The number of carbonyl (C=O) groups is 1. The maximum absolute atomic E-state index is 9.60. The van der Waals surface area contributed by atoms with E-state index >= 15 is 0 Å². The third-order valence-corrected chi connectivity index (χ3v) is 1.78. The van der Waals surface area contributed by atoms with Crippen LogP contribution in [-0.4, -0.2) is 42.9 Å². The van der Waals surface area contributed by atoms with Gasteiger partial charge in [0, 0.05) is 12.0 Å². The Kier molecular flexibility index (Phi) is 11.6. The summed E-state index contributed by atoms with van der Waals surface area (Å²) in [5, 5.41) is 7.89. The van der Waals surface area contributed by atoms with Crippen LogP contribution in [0.25, 0.3) is 0 Å². The van der Waals surface area contributed by atoms with Gasteiger partial charge < -0.3 is 9.59 Å². The van der Waals surface area contributed by atoms with Crippen LogP contribution in [0.5, 0.6) is 0 Å². The number of hydrogen-bond donors (Lipinski definition) is 2. The maximum atomic E-state index is 9.60. The van der Waals surface area contributed by atoms with Crippen LogP contribution in [0, 0.1) is 0 Å². The molecule has 3 N–H and O–H groups in total. The fourth-order valence-corrected chi connectivity index (χ4v) is 0.548. The number of carboxylic acid groups (broad SMARTS) is 1. The first kappa shape index (κ1) is 19.9. The van der Waals surface area contributed by atoms with Gasteiger partial charge in [-0.05, 0) is 6.92 Å². The molecule has 1 unspecified atom stereocenters. The summed E-state index contributed by atoms with van der Waals surface area (Å²) in [6, 6.07) is 0. The van der Waals surface area contributed by atoms with E-state index in [2.05, 4.69) is 34.6 Å². The smallest absolute Gasteiger partial charge is 0.330 e. The van der Waals surface area contributed by atoms with Crippen LogP contribution in [0.3, 0.4) is 0 Å². The third kappa shape index (κ3) is 13.4. The molecule has 1 atom stereocenters. The van der Waals surface area contributed by atoms with Crippen molar-refractivity contribution in [2.45, 2.75) is 26.4 Å². The predicted molar refractivity (Wildman–Crippen MR) is 66.0 cm³/mol. The van der Waals surface area contributed by atoms with E-state index in [1.807, 2.05) is 0 Å². The topological polar surface area (TPSA) is 63.3 Å². The summed E-state index contributed by atoms with van der Waals surface area (Å²) in [7, 11) is 6.32. The summed E-state index contributed by atoms with van der Waals surface area (Å²) in [5.74, 6) is -0.935. The van der Waals surface area contributed by atoms with Gasteiger partial charge in [-0.1, -0.05) is 13.5 Å². The largest absolute Gasteiger partial charge is 0.478 e. The highest BCUT2D eigenvalue weighted by atomic mass is 35.5. The molecule has 0 fully saturated rings. The molecule has 0 heterocycles. The number of halogens is 1. The highest BCUT2D eigenvalue weighted by molar-refractivity contribution is 5.85. The van der Waals surface area contributed by atoms with Crippen molar-refractivity contribution in [3.63, 3.8) is 0 Å². The molecule has 92 valence electrons. The molecule has 5 heteroatoms. The van der Waals surface area contributed by atoms with E-state index in [1.165, 1.54) is 6.92 Å². The lowest BCUT2D eigenvalue weighted by atomic mass is 10.3. The molecule has 0 amide bonds. The minimum absolute atomic E-state index is 0. The second-order valence-electron chi connectivity index (χ2n) is 4.18. The summed E-state index contributed by atoms with van der Waals surface area (Å²) in [4.78, 5) is 9.60. The van der Waals surface area contributed by atoms with Crippen molar-refractivity contribution < 1.29 is 14.4 Å². The van der Waals surface area contributed by atoms with Crippen LogP contribution in [0.1, 0.15) is 20.3 Å². The number of aliphatic carboxylic acids is 1. The zero-order chi connectivity index (χ0) is 11.9. The van der Waals surface area contributed by atoms with E-state index in [1.54, 1.807) is 0 Å². The van der Waals surface area contributed by atoms with Crippen LogP contribution in [0.4, 0.5) is 0 Å². The van der Waals surface area contributed by atoms with E-state index in [4.69, 9.17) is 10.8 Å². The third-order valence-electron chi connectivity index (χ3n) is 1.78. The predicted octanol–water partition coefficient (Wildman–Crippen LogP) is 1.46. The lowest BCUT2D eigenvalue weighted by Gasteiger charge is -2.30. The van der Waals surface area contributed by atoms with Gasteiger partial charge in [-0.15, -0.1) is 12.4 Å². The number of hydrogen-bond acceptors (Lipinski definition) is 2. The Balaban J connectivity index is -0.000000187. The summed E-state index contributed by atoms with van der Waals surface area (Å²) in [6.07, 6.45) is 1.33. The molecular formula is C10H24ClN2O2+. The molecule has 0 rings (SSSR count). The molecule has 15 heavy (non-hydrogen) atoms. The number of carboxylic acids is 1. The van der Waals surface area contributed by atoms with Crippen molar-refractivity contribution in [1.29, 1.82) is 0 Å². The number of quaternary nitrogens is 1. The average Bonchev–Trinajstić information content (AvgIpc) is 2.02. The van der Waals surface area contributed by atoms with Crippen LogP contribution < -0.4 is 5.73 Å². The second-order valence-corrected chi connectivity index (χ2v) is 4.18. The Morgan fingerprint density at radius 1 is 1.47 bits per heavy atom. The summed E-state index contributed by atoms with van der Waals surface area (Å²) in [6.45, 7) is 6.71. The number of nitrogens with two attached hydrogens (primary N) is 1. The van der Waals surface area contributed by atoms with Crippen LogP contribution in [0.15, 0.2) is 12.2 Å². The summed E-state index contributed by atoms with van der Waals surface area (Å²) < 4.78 is 0.858. The lowest BCUT2D eigenvalue weighted by molar-refractivity contribution is -0.895. The molecule has 0 bridgehead atoms. The fraction of sp³-hybridized carbons (Fsp3) is 0.700. The van der Waals surface area contributed by atoms with E-state index in [0.29, 0.717) is 0 Å². The van der Waals surface area contributed by atoms with Gasteiger partial charge in [0.25, 0.3) is 0 Å². The van der Waals surface area contributed by atoms with Crippen LogP contribution in [-0.2, 0) is 4.79 Å². The van der Waals surface area contributed by atoms with Crippen LogP contribution in [0.2, 0.25) is 0 Å². The highest BCUT2D eigenvalue weighted by Gasteiger charge is 2.14. The van der Waals surface area contributed by atoms with E-state index in [0.717, 1.165) is 10.9 Å². The number of nitrogens with zero attached hydrogens (tertiary/aromatic N) is 1.